The fourth-order valence-corrected chi connectivity index (χ4v) is 12.4. The molecule has 6 unspecified atom stereocenters. The van der Waals surface area contributed by atoms with E-state index < -0.39 is 23.8 Å². The number of carbonyl (C=O) groups is 2. The van der Waals surface area contributed by atoms with Gasteiger partial charge in [0.05, 0.1) is 40.3 Å². The molecule has 4 aliphatic carbocycles. The number of anilines is 1. The van der Waals surface area contributed by atoms with Crippen LogP contribution < -0.4 is 5.32 Å². The van der Waals surface area contributed by atoms with E-state index in [-0.39, 0.29) is 58.5 Å². The number of hydrogen-bond donors (Lipinski definition) is 5. The first-order chi connectivity index (χ1) is 25.1. The van der Waals surface area contributed by atoms with Crippen LogP contribution in [0.2, 0.25) is 0 Å². The molecule has 0 spiro atoms. The summed E-state index contributed by atoms with van der Waals surface area (Å²) in [6.07, 6.45) is 6.83. The summed E-state index contributed by atoms with van der Waals surface area (Å²) in [7, 11) is 0. The highest BCUT2D eigenvalue weighted by atomic mass is 16.4. The molecule has 3 aromatic rings. The summed E-state index contributed by atoms with van der Waals surface area (Å²) in [6.45, 7) is 10.8. The maximum Gasteiger partial charge on any atom is 0.303 e. The van der Waals surface area contributed by atoms with Gasteiger partial charge in [-0.25, -0.2) is 0 Å². The maximum atomic E-state index is 12.7. The zero-order valence-electron chi connectivity index (χ0n) is 32.3. The normalized spacial score (nSPS) is 35.6. The number of nitrogens with one attached hydrogen (secondary N) is 1. The summed E-state index contributed by atoms with van der Waals surface area (Å²) in [5.74, 6) is 0.425. The number of fused-ring (bicyclic) bond motifs is 6. The molecule has 53 heavy (non-hydrogen) atoms. The highest BCUT2D eigenvalue weighted by Gasteiger charge is 2.66. The third-order valence-corrected chi connectivity index (χ3v) is 15.3. The smallest absolute Gasteiger partial charge is 0.303 e. The van der Waals surface area contributed by atoms with Crippen LogP contribution in [0, 0.1) is 53.3 Å². The van der Waals surface area contributed by atoms with Gasteiger partial charge < -0.3 is 25.7 Å². The molecule has 2 aromatic carbocycles. The number of hydrogen-bond acceptors (Lipinski definition) is 7. The fraction of sp³-hybridized carbons (Fsp3) is 0.622. The molecule has 0 radical (unpaired) electrons. The number of aliphatic carboxylic acids is 1. The van der Waals surface area contributed by atoms with Gasteiger partial charge >= 0.3 is 5.97 Å². The molecule has 1 aromatic heterocycles. The van der Waals surface area contributed by atoms with Gasteiger partial charge in [-0.3, -0.25) is 14.6 Å². The van der Waals surface area contributed by atoms with Gasteiger partial charge in [0, 0.05) is 18.4 Å². The van der Waals surface area contributed by atoms with Crippen molar-refractivity contribution in [3.05, 3.63) is 70.9 Å². The average molecular weight is 725 g/mol. The fourth-order valence-electron chi connectivity index (χ4n) is 12.4. The summed E-state index contributed by atoms with van der Waals surface area (Å²) in [6, 6.07) is 16.4. The number of carboxylic acids is 1. The molecule has 4 saturated carbocycles. The largest absolute Gasteiger partial charge is 0.481 e. The Morgan fingerprint density at radius 3 is 2.51 bits per heavy atom. The number of carbonyl (C=O) groups excluding carboxylic acids is 1. The van der Waals surface area contributed by atoms with Crippen LogP contribution in [0.25, 0.3) is 10.9 Å². The van der Waals surface area contributed by atoms with Gasteiger partial charge in [0.25, 0.3) is 0 Å². The Morgan fingerprint density at radius 2 is 1.75 bits per heavy atom. The van der Waals surface area contributed by atoms with E-state index in [1.165, 1.54) is 5.56 Å². The summed E-state index contributed by atoms with van der Waals surface area (Å²) < 4.78 is 0. The van der Waals surface area contributed by atoms with Crippen molar-refractivity contribution in [3.63, 3.8) is 0 Å². The molecule has 4 aliphatic rings. The van der Waals surface area contributed by atoms with Crippen molar-refractivity contribution in [1.82, 2.24) is 4.98 Å². The minimum atomic E-state index is -0.811. The van der Waals surface area contributed by atoms with E-state index >= 15 is 0 Å². The van der Waals surface area contributed by atoms with Gasteiger partial charge in [0.15, 0.2) is 5.78 Å². The van der Waals surface area contributed by atoms with Gasteiger partial charge in [0.1, 0.15) is 0 Å². The van der Waals surface area contributed by atoms with Gasteiger partial charge in [-0.2, -0.15) is 0 Å². The number of nitrogens with zero attached hydrogens (tertiary/aromatic N) is 1. The molecule has 0 amide bonds. The second-order valence-corrected chi connectivity index (χ2v) is 18.1. The number of benzene rings is 2. The lowest BCUT2D eigenvalue weighted by Gasteiger charge is -2.64. The minimum Gasteiger partial charge on any atom is -0.481 e. The first kappa shape index (κ1) is 38.0. The third-order valence-electron chi connectivity index (χ3n) is 15.3. The van der Waals surface area contributed by atoms with E-state index in [0.717, 1.165) is 60.0 Å². The molecule has 0 saturated heterocycles. The van der Waals surface area contributed by atoms with E-state index in [2.05, 4.69) is 55.3 Å². The standard InChI is InChI=1S/C45H60N2O6/c1-26(13-16-39(51)52)33-14-15-34-41-35(23-38(50)44(33,34)5)43(4)19-20-45(53,24-31(43)22-37(41)49)18-17-29-9-8-10-30(21-29)25-46-42-32-11-6-7-12-36(32)47-27(2)40(42)28(3)48/h6-12,21,26,31,33-35,37-38,41,49-50,53H,13-20,22-25H2,1-5H3,(H,46,47)(H,51,52)/t26-,31?,33-,34?,35?,37?,38?,41?,43+,44-,45-/m1/s1. The van der Waals surface area contributed by atoms with Gasteiger partial charge in [-0.05, 0) is 142 Å². The van der Waals surface area contributed by atoms with Crippen LogP contribution in [0.15, 0.2) is 48.5 Å². The highest BCUT2D eigenvalue weighted by molar-refractivity contribution is 6.08. The first-order valence-electron chi connectivity index (χ1n) is 20.2. The number of aryl methyl sites for hydroxylation is 2. The van der Waals surface area contributed by atoms with E-state index in [1.54, 1.807) is 6.92 Å². The number of aliphatic hydroxyl groups is 3. The topological polar surface area (TPSA) is 140 Å². The average Bonchev–Trinajstić information content (AvgIpc) is 3.48. The second kappa shape index (κ2) is 14.4. The van der Waals surface area contributed by atoms with E-state index in [4.69, 9.17) is 0 Å². The SMILES string of the molecule is CC(=O)c1c(C)nc2ccccc2c1NCc1cccc(CC[C@@]2(O)CC[C@@]3(C)C(CC(O)C4C3CC(O)[C@@]3(C)C4CC[C@@H]3[C@H](C)CCC(=O)O)C2)c1. The lowest BCUT2D eigenvalue weighted by molar-refractivity contribution is -0.216. The number of aliphatic hydroxyl groups excluding tert-OH is 2. The molecule has 4 fully saturated rings. The number of carboxylic acid groups (broad SMARTS) is 1. The Hall–Kier alpha value is -3.33. The molecule has 8 nitrogen and oxygen atoms in total. The van der Waals surface area contributed by atoms with Crippen molar-refractivity contribution >= 4 is 28.3 Å². The molecule has 11 atom stereocenters. The molecule has 1 heterocycles. The van der Waals surface area contributed by atoms with Crippen LogP contribution >= 0.6 is 0 Å². The predicted molar refractivity (Wildman–Crippen MR) is 208 cm³/mol. The monoisotopic (exact) mass is 724 g/mol. The number of aromatic nitrogens is 1. The lowest BCUT2D eigenvalue weighted by Crippen LogP contribution is -2.63. The number of para-hydroxylation sites is 1. The third kappa shape index (κ3) is 6.82. The molecule has 5 N–H and O–H groups in total. The second-order valence-electron chi connectivity index (χ2n) is 18.1. The summed E-state index contributed by atoms with van der Waals surface area (Å²) >= 11 is 0. The van der Waals surface area contributed by atoms with E-state index in [9.17, 15) is 30.0 Å². The van der Waals surface area contributed by atoms with Crippen molar-refractivity contribution < 1.29 is 30.0 Å². The van der Waals surface area contributed by atoms with Gasteiger partial charge in [0.2, 0.25) is 0 Å². The Morgan fingerprint density at radius 1 is 1.00 bits per heavy atom. The van der Waals surface area contributed by atoms with Crippen LogP contribution in [0.3, 0.4) is 0 Å². The Bertz CT molecular complexity index is 1860. The number of Topliss-reactive ketones (excluding diaryl/α,β-unsaturated/α-hetero) is 1. The number of ketones is 1. The van der Waals surface area contributed by atoms with Gasteiger partial charge in [-0.15, -0.1) is 0 Å². The van der Waals surface area contributed by atoms with Crippen molar-refractivity contribution in [3.8, 4) is 0 Å². The summed E-state index contributed by atoms with van der Waals surface area (Å²) in [5, 5.41) is 49.7. The zero-order valence-corrected chi connectivity index (χ0v) is 32.3. The molecule has 0 aliphatic heterocycles. The molecule has 0 bridgehead atoms. The van der Waals surface area contributed by atoms with Crippen LogP contribution in [0.4, 0.5) is 5.69 Å². The molecular weight excluding hydrogens is 665 g/mol. The molecular formula is C45H60N2O6. The predicted octanol–water partition coefficient (Wildman–Crippen LogP) is 8.12. The van der Waals surface area contributed by atoms with Crippen molar-refractivity contribution in [2.45, 2.75) is 130 Å². The Balaban J connectivity index is 1.01. The highest BCUT2D eigenvalue weighted by Crippen LogP contribution is 2.69. The summed E-state index contributed by atoms with van der Waals surface area (Å²) in [4.78, 5) is 28.7. The minimum absolute atomic E-state index is 0.0141. The molecule has 286 valence electrons. The molecule has 7 rings (SSSR count). The van der Waals surface area contributed by atoms with Gasteiger partial charge in [-0.1, -0.05) is 63.2 Å². The lowest BCUT2D eigenvalue weighted by atomic mass is 9.42. The van der Waals surface area contributed by atoms with Crippen LogP contribution in [0.5, 0.6) is 0 Å². The number of pyridine rings is 1. The number of rotatable bonds is 11. The van der Waals surface area contributed by atoms with Crippen molar-refractivity contribution in [2.24, 2.45) is 46.3 Å². The molecule has 8 heteroatoms. The Labute approximate surface area is 314 Å². The van der Waals surface area contributed by atoms with Crippen LogP contribution in [-0.2, 0) is 17.8 Å². The van der Waals surface area contributed by atoms with Crippen molar-refractivity contribution in [2.75, 3.05) is 5.32 Å². The summed E-state index contributed by atoms with van der Waals surface area (Å²) in [5.41, 5.74) is 4.11. The first-order valence-corrected chi connectivity index (χ1v) is 20.2. The van der Waals surface area contributed by atoms with E-state index in [0.29, 0.717) is 44.2 Å². The maximum absolute atomic E-state index is 12.7. The van der Waals surface area contributed by atoms with Crippen molar-refractivity contribution in [1.29, 1.82) is 0 Å². The quantitative estimate of drug-likeness (QED) is 0.125. The zero-order chi connectivity index (χ0) is 37.9. The van der Waals surface area contributed by atoms with E-state index in [1.807, 2.05) is 31.2 Å². The Kier molecular flexibility index (Phi) is 10.3. The van der Waals surface area contributed by atoms with Crippen LogP contribution in [-0.4, -0.2) is 55.0 Å². The van der Waals surface area contributed by atoms with Crippen LogP contribution in [0.1, 0.15) is 119 Å².